The van der Waals surface area contributed by atoms with Gasteiger partial charge < -0.3 is 15.4 Å². The van der Waals surface area contributed by atoms with Crippen LogP contribution in [-0.4, -0.2) is 37.7 Å². The fourth-order valence-electron chi connectivity index (χ4n) is 3.07. The van der Waals surface area contributed by atoms with E-state index in [9.17, 15) is 4.79 Å². The van der Waals surface area contributed by atoms with Crippen molar-refractivity contribution in [2.24, 2.45) is 0 Å². The molecular formula is C18H23N3O2S. The molecule has 1 amide bonds. The van der Waals surface area contributed by atoms with Gasteiger partial charge in [0.25, 0.3) is 5.91 Å². The van der Waals surface area contributed by atoms with Crippen LogP contribution in [0.5, 0.6) is 0 Å². The molecule has 1 aliphatic heterocycles. The lowest BCUT2D eigenvalue weighted by atomic mass is 9.74. The van der Waals surface area contributed by atoms with Gasteiger partial charge in [-0.25, -0.2) is 4.98 Å². The Labute approximate surface area is 146 Å². The van der Waals surface area contributed by atoms with Crippen LogP contribution in [0.3, 0.4) is 0 Å². The minimum Gasteiger partial charge on any atom is -0.381 e. The summed E-state index contributed by atoms with van der Waals surface area (Å²) in [6.07, 6.45) is 3.45. The van der Waals surface area contributed by atoms with Crippen LogP contribution in [0, 0.1) is 6.92 Å². The summed E-state index contributed by atoms with van der Waals surface area (Å²) >= 11 is 1.37. The topological polar surface area (TPSA) is 63.2 Å². The lowest BCUT2D eigenvalue weighted by Gasteiger charge is -2.38. The number of hydrogen-bond donors (Lipinski definition) is 2. The molecule has 6 heteroatoms. The van der Waals surface area contributed by atoms with E-state index in [0.717, 1.165) is 31.2 Å². The minimum atomic E-state index is -0.0630. The molecule has 0 atom stereocenters. The molecule has 24 heavy (non-hydrogen) atoms. The highest BCUT2D eigenvalue weighted by molar-refractivity contribution is 7.17. The van der Waals surface area contributed by atoms with Crippen LogP contribution < -0.4 is 10.6 Å². The molecule has 1 saturated heterocycles. The largest absolute Gasteiger partial charge is 0.381 e. The molecule has 0 saturated carbocycles. The minimum absolute atomic E-state index is 0.0574. The second-order valence-corrected chi connectivity index (χ2v) is 7.25. The summed E-state index contributed by atoms with van der Waals surface area (Å²) in [6.45, 7) is 4.17. The molecule has 128 valence electrons. The van der Waals surface area contributed by atoms with Crippen molar-refractivity contribution in [3.63, 3.8) is 0 Å². The third kappa shape index (κ3) is 3.60. The Bertz CT molecular complexity index is 691. The van der Waals surface area contributed by atoms with E-state index < -0.39 is 0 Å². The Morgan fingerprint density at radius 3 is 2.62 bits per heavy atom. The number of amides is 1. The van der Waals surface area contributed by atoms with Crippen molar-refractivity contribution in [2.45, 2.75) is 25.2 Å². The fourth-order valence-corrected chi connectivity index (χ4v) is 3.75. The van der Waals surface area contributed by atoms with E-state index in [1.54, 1.807) is 13.2 Å². The van der Waals surface area contributed by atoms with E-state index in [1.165, 1.54) is 22.5 Å². The van der Waals surface area contributed by atoms with Crippen LogP contribution in [-0.2, 0) is 10.2 Å². The zero-order valence-electron chi connectivity index (χ0n) is 14.1. The third-order valence-corrected chi connectivity index (χ3v) is 5.66. The number of nitrogens with one attached hydrogen (secondary N) is 2. The first kappa shape index (κ1) is 16.9. The predicted octanol–water partition coefficient (Wildman–Crippen LogP) is 2.97. The first-order valence-corrected chi connectivity index (χ1v) is 9.01. The Morgan fingerprint density at radius 1 is 1.29 bits per heavy atom. The number of nitrogens with zero attached hydrogens (tertiary/aromatic N) is 1. The summed E-state index contributed by atoms with van der Waals surface area (Å²) in [4.78, 5) is 17.2. The molecule has 0 unspecified atom stereocenters. The maximum Gasteiger partial charge on any atom is 0.263 e. The molecular weight excluding hydrogens is 322 g/mol. The number of thiazole rings is 1. The van der Waals surface area contributed by atoms with Gasteiger partial charge in [-0.3, -0.25) is 4.79 Å². The Balaban J connectivity index is 1.75. The van der Waals surface area contributed by atoms with Crippen molar-refractivity contribution in [3.8, 4) is 0 Å². The smallest absolute Gasteiger partial charge is 0.263 e. The number of aryl methyl sites for hydroxylation is 1. The highest BCUT2D eigenvalue weighted by Crippen LogP contribution is 2.34. The van der Waals surface area contributed by atoms with Crippen molar-refractivity contribution < 1.29 is 9.53 Å². The second-order valence-electron chi connectivity index (χ2n) is 6.22. The Kier molecular flexibility index (Phi) is 5.16. The zero-order chi connectivity index (χ0) is 17.0. The SMILES string of the molecule is CNc1ncc(C(=O)NCC2(c3ccc(C)cc3)CCOCC2)s1. The highest BCUT2D eigenvalue weighted by atomic mass is 32.1. The number of carbonyl (C=O) groups excluding carboxylic acids is 1. The Morgan fingerprint density at radius 2 is 2.00 bits per heavy atom. The number of aromatic nitrogens is 1. The van der Waals surface area contributed by atoms with E-state index in [1.807, 2.05) is 0 Å². The molecule has 3 rings (SSSR count). The van der Waals surface area contributed by atoms with Crippen molar-refractivity contribution in [1.29, 1.82) is 0 Å². The second kappa shape index (κ2) is 7.32. The standard InChI is InChI=1S/C18H23N3O2S/c1-13-3-5-14(6-4-13)18(7-9-23-10-8-18)12-21-16(22)15-11-20-17(19-2)24-15/h3-6,11H,7-10,12H2,1-2H3,(H,19,20)(H,21,22). The van der Waals surface area contributed by atoms with Crippen molar-refractivity contribution in [2.75, 3.05) is 32.1 Å². The van der Waals surface area contributed by atoms with Crippen LogP contribution in [0.1, 0.15) is 33.6 Å². The molecule has 1 fully saturated rings. The van der Waals surface area contributed by atoms with E-state index in [2.05, 4.69) is 46.8 Å². The van der Waals surface area contributed by atoms with Gasteiger partial charge in [-0.05, 0) is 25.3 Å². The van der Waals surface area contributed by atoms with Gasteiger partial charge in [0, 0.05) is 32.2 Å². The summed E-state index contributed by atoms with van der Waals surface area (Å²) in [5, 5.41) is 6.81. The van der Waals surface area contributed by atoms with Gasteiger partial charge in [-0.15, -0.1) is 0 Å². The summed E-state index contributed by atoms with van der Waals surface area (Å²) in [6, 6.07) is 8.63. The van der Waals surface area contributed by atoms with Crippen molar-refractivity contribution >= 4 is 22.4 Å². The molecule has 2 N–H and O–H groups in total. The van der Waals surface area contributed by atoms with Gasteiger partial charge in [-0.2, -0.15) is 0 Å². The number of ether oxygens (including phenoxy) is 1. The normalized spacial score (nSPS) is 16.6. The van der Waals surface area contributed by atoms with Crippen molar-refractivity contribution in [3.05, 3.63) is 46.5 Å². The summed E-state index contributed by atoms with van der Waals surface area (Å²) in [5.74, 6) is -0.0630. The molecule has 2 aromatic rings. The van der Waals surface area contributed by atoms with Crippen molar-refractivity contribution in [1.82, 2.24) is 10.3 Å². The summed E-state index contributed by atoms with van der Waals surface area (Å²) in [5.41, 5.74) is 2.46. The molecule has 1 aromatic carbocycles. The molecule has 1 aliphatic rings. The maximum atomic E-state index is 12.4. The lowest BCUT2D eigenvalue weighted by Crippen LogP contribution is -2.44. The molecule has 0 spiro atoms. The zero-order valence-corrected chi connectivity index (χ0v) is 14.9. The number of carbonyl (C=O) groups is 1. The third-order valence-electron chi connectivity index (χ3n) is 4.64. The van der Waals surface area contributed by atoms with Crippen LogP contribution in [0.2, 0.25) is 0 Å². The Hall–Kier alpha value is -1.92. The molecule has 0 aliphatic carbocycles. The molecule has 0 bridgehead atoms. The van der Waals surface area contributed by atoms with Gasteiger partial charge in [0.05, 0.1) is 6.20 Å². The van der Waals surface area contributed by atoms with Gasteiger partial charge >= 0.3 is 0 Å². The quantitative estimate of drug-likeness (QED) is 0.874. The van der Waals surface area contributed by atoms with Crippen LogP contribution in [0.4, 0.5) is 5.13 Å². The molecule has 2 heterocycles. The molecule has 1 aromatic heterocycles. The predicted molar refractivity (Wildman–Crippen MR) is 96.9 cm³/mol. The number of anilines is 1. The van der Waals surface area contributed by atoms with Crippen LogP contribution in [0.15, 0.2) is 30.5 Å². The van der Waals surface area contributed by atoms with Gasteiger partial charge in [0.15, 0.2) is 5.13 Å². The van der Waals surface area contributed by atoms with Crippen LogP contribution in [0.25, 0.3) is 0 Å². The number of benzene rings is 1. The summed E-state index contributed by atoms with van der Waals surface area (Å²) in [7, 11) is 1.80. The maximum absolute atomic E-state index is 12.4. The van der Waals surface area contributed by atoms with E-state index in [-0.39, 0.29) is 11.3 Å². The van der Waals surface area contributed by atoms with Gasteiger partial charge in [-0.1, -0.05) is 41.2 Å². The average molecular weight is 345 g/mol. The van der Waals surface area contributed by atoms with Crippen LogP contribution >= 0.6 is 11.3 Å². The number of rotatable bonds is 5. The average Bonchev–Trinajstić information content (AvgIpc) is 3.10. The summed E-state index contributed by atoms with van der Waals surface area (Å²) < 4.78 is 5.55. The van der Waals surface area contributed by atoms with Gasteiger partial charge in [0.2, 0.25) is 0 Å². The van der Waals surface area contributed by atoms with Gasteiger partial charge in [0.1, 0.15) is 4.88 Å². The highest BCUT2D eigenvalue weighted by Gasteiger charge is 2.35. The molecule has 0 radical (unpaired) electrons. The number of hydrogen-bond acceptors (Lipinski definition) is 5. The molecule has 5 nitrogen and oxygen atoms in total. The van der Waals surface area contributed by atoms with E-state index in [4.69, 9.17) is 4.74 Å². The fraction of sp³-hybridized carbons (Fsp3) is 0.444. The van der Waals surface area contributed by atoms with E-state index in [0.29, 0.717) is 11.4 Å². The lowest BCUT2D eigenvalue weighted by molar-refractivity contribution is 0.0487. The first-order chi connectivity index (χ1) is 11.6. The monoisotopic (exact) mass is 345 g/mol. The first-order valence-electron chi connectivity index (χ1n) is 8.20. The van der Waals surface area contributed by atoms with E-state index >= 15 is 0 Å².